The Morgan fingerprint density at radius 1 is 0.818 bits per heavy atom. The van der Waals surface area contributed by atoms with E-state index in [2.05, 4.69) is 29.6 Å². The van der Waals surface area contributed by atoms with Gasteiger partial charge in [0.15, 0.2) is 0 Å². The van der Waals surface area contributed by atoms with Crippen molar-refractivity contribution in [3.63, 3.8) is 0 Å². The van der Waals surface area contributed by atoms with Crippen molar-refractivity contribution in [2.24, 2.45) is 0 Å². The summed E-state index contributed by atoms with van der Waals surface area (Å²) >= 11 is 0. The van der Waals surface area contributed by atoms with Gasteiger partial charge in [-0.1, -0.05) is 78.4 Å². The van der Waals surface area contributed by atoms with Gasteiger partial charge in [0.2, 0.25) is 6.41 Å². The molecule has 1 amide bonds. The first-order valence-corrected chi connectivity index (χ1v) is 12.6. The highest BCUT2D eigenvalue weighted by atomic mass is 32.2. The third kappa shape index (κ3) is 6.53. The predicted octanol–water partition coefficient (Wildman–Crippen LogP) is 4.99. The molecular formula is C27H31NO4S. The minimum Gasteiger partial charge on any atom is -0.359 e. The fourth-order valence-corrected chi connectivity index (χ4v) is 5.19. The highest BCUT2D eigenvalue weighted by Gasteiger charge is 2.33. The molecule has 33 heavy (non-hydrogen) atoms. The second kappa shape index (κ2) is 11.8. The molecule has 0 saturated carbocycles. The van der Waals surface area contributed by atoms with Crippen molar-refractivity contribution in [2.45, 2.75) is 42.9 Å². The maximum atomic E-state index is 12.6. The van der Waals surface area contributed by atoms with E-state index in [1.54, 1.807) is 24.3 Å². The van der Waals surface area contributed by atoms with Gasteiger partial charge in [0, 0.05) is 12.0 Å². The van der Waals surface area contributed by atoms with Gasteiger partial charge in [0.05, 0.1) is 11.5 Å². The maximum Gasteiger partial charge on any atom is 0.296 e. The lowest BCUT2D eigenvalue weighted by atomic mass is 9.68. The van der Waals surface area contributed by atoms with E-state index in [1.165, 1.54) is 11.1 Å². The summed E-state index contributed by atoms with van der Waals surface area (Å²) in [6.45, 7) is 2.60. The Balaban J connectivity index is 1.80. The molecule has 174 valence electrons. The van der Waals surface area contributed by atoms with Crippen LogP contribution in [0.25, 0.3) is 0 Å². The van der Waals surface area contributed by atoms with Crippen LogP contribution in [0.4, 0.5) is 0 Å². The number of carbonyl (C=O) groups excluding carboxylic acids is 1. The zero-order chi connectivity index (χ0) is 23.6. The molecule has 0 fully saturated rings. The molecule has 0 spiro atoms. The smallest absolute Gasteiger partial charge is 0.296 e. The Bertz CT molecular complexity index is 1060. The number of amides is 1. The Morgan fingerprint density at radius 2 is 1.36 bits per heavy atom. The molecule has 0 unspecified atom stereocenters. The van der Waals surface area contributed by atoms with Gasteiger partial charge in [-0.15, -0.1) is 0 Å². The van der Waals surface area contributed by atoms with Crippen LogP contribution in [0, 0.1) is 6.92 Å². The standard InChI is InChI=1S/C27H31NO4S/c1-23-14-16-26(17-15-23)33(30,31)32-21-9-19-27(18-8-20-28-22-29,24-10-4-2-5-11-24)25-12-6-3-7-13-25/h2-7,10-17,22H,8-9,18-21H2,1H3,(H,28,29). The lowest BCUT2D eigenvalue weighted by Gasteiger charge is -2.36. The molecule has 3 aromatic carbocycles. The minimum atomic E-state index is -3.80. The Hall–Kier alpha value is -2.96. The van der Waals surface area contributed by atoms with Crippen molar-refractivity contribution in [1.82, 2.24) is 5.32 Å². The number of aryl methyl sites for hydroxylation is 1. The van der Waals surface area contributed by atoms with E-state index < -0.39 is 10.1 Å². The molecule has 3 aromatic rings. The van der Waals surface area contributed by atoms with Gasteiger partial charge in [-0.3, -0.25) is 8.98 Å². The number of hydrogen-bond donors (Lipinski definition) is 1. The van der Waals surface area contributed by atoms with Crippen LogP contribution in [0.1, 0.15) is 42.4 Å². The van der Waals surface area contributed by atoms with Gasteiger partial charge >= 0.3 is 0 Å². The molecule has 5 nitrogen and oxygen atoms in total. The lowest BCUT2D eigenvalue weighted by molar-refractivity contribution is -0.109. The van der Waals surface area contributed by atoms with Gasteiger partial charge in [-0.25, -0.2) is 0 Å². The molecular weight excluding hydrogens is 434 g/mol. The Morgan fingerprint density at radius 3 is 1.91 bits per heavy atom. The molecule has 0 radical (unpaired) electrons. The summed E-state index contributed by atoms with van der Waals surface area (Å²) in [4.78, 5) is 10.9. The van der Waals surface area contributed by atoms with Gasteiger partial charge in [0.1, 0.15) is 0 Å². The number of hydrogen-bond acceptors (Lipinski definition) is 4. The summed E-state index contributed by atoms with van der Waals surface area (Å²) in [7, 11) is -3.80. The van der Waals surface area contributed by atoms with Crippen molar-refractivity contribution < 1.29 is 17.4 Å². The van der Waals surface area contributed by atoms with Gasteiger partial charge in [-0.05, 0) is 55.9 Å². The van der Waals surface area contributed by atoms with Crippen molar-refractivity contribution in [2.75, 3.05) is 13.2 Å². The molecule has 6 heteroatoms. The number of benzene rings is 3. The summed E-state index contributed by atoms with van der Waals surface area (Å²) in [5.74, 6) is 0. The van der Waals surface area contributed by atoms with E-state index in [1.807, 2.05) is 43.3 Å². The normalized spacial score (nSPS) is 11.8. The quantitative estimate of drug-likeness (QED) is 0.219. The van der Waals surface area contributed by atoms with Crippen molar-refractivity contribution in [3.8, 4) is 0 Å². The lowest BCUT2D eigenvalue weighted by Crippen LogP contribution is -2.30. The minimum absolute atomic E-state index is 0.101. The van der Waals surface area contributed by atoms with Gasteiger partial charge < -0.3 is 5.32 Å². The largest absolute Gasteiger partial charge is 0.359 e. The molecule has 0 aliphatic rings. The number of carbonyl (C=O) groups is 1. The molecule has 1 N–H and O–H groups in total. The Kier molecular flexibility index (Phi) is 8.80. The van der Waals surface area contributed by atoms with Gasteiger partial charge in [-0.2, -0.15) is 8.42 Å². The molecule has 0 aliphatic carbocycles. The van der Waals surface area contributed by atoms with Crippen molar-refractivity contribution >= 4 is 16.5 Å². The molecule has 0 atom stereocenters. The van der Waals surface area contributed by atoms with Crippen LogP contribution in [0.15, 0.2) is 89.8 Å². The topological polar surface area (TPSA) is 72.5 Å². The first kappa shape index (κ1) is 24.7. The third-order valence-electron chi connectivity index (χ3n) is 5.96. The maximum absolute atomic E-state index is 12.6. The second-order valence-electron chi connectivity index (χ2n) is 8.18. The van der Waals surface area contributed by atoms with Crippen LogP contribution in [0.2, 0.25) is 0 Å². The predicted molar refractivity (Wildman–Crippen MR) is 131 cm³/mol. The van der Waals surface area contributed by atoms with E-state index >= 15 is 0 Å². The van der Waals surface area contributed by atoms with E-state index in [4.69, 9.17) is 4.18 Å². The second-order valence-corrected chi connectivity index (χ2v) is 9.80. The van der Waals surface area contributed by atoms with E-state index in [0.717, 1.165) is 24.8 Å². The fourth-order valence-electron chi connectivity index (χ4n) is 4.25. The van der Waals surface area contributed by atoms with Crippen LogP contribution in [0.5, 0.6) is 0 Å². The van der Waals surface area contributed by atoms with E-state index in [-0.39, 0.29) is 16.9 Å². The van der Waals surface area contributed by atoms with E-state index in [0.29, 0.717) is 19.4 Å². The first-order chi connectivity index (χ1) is 16.0. The van der Waals surface area contributed by atoms with Crippen LogP contribution >= 0.6 is 0 Å². The van der Waals surface area contributed by atoms with E-state index in [9.17, 15) is 13.2 Å². The average Bonchev–Trinajstić information content (AvgIpc) is 2.84. The van der Waals surface area contributed by atoms with Crippen LogP contribution in [0.3, 0.4) is 0 Å². The SMILES string of the molecule is Cc1ccc(S(=O)(=O)OCCCC(CCCNC=O)(c2ccccc2)c2ccccc2)cc1. The first-order valence-electron chi connectivity index (χ1n) is 11.2. The summed E-state index contributed by atoms with van der Waals surface area (Å²) in [5, 5.41) is 2.75. The van der Waals surface area contributed by atoms with Crippen LogP contribution < -0.4 is 5.32 Å². The zero-order valence-electron chi connectivity index (χ0n) is 18.9. The van der Waals surface area contributed by atoms with Crippen LogP contribution in [-0.2, 0) is 24.5 Å². The highest BCUT2D eigenvalue weighted by molar-refractivity contribution is 7.86. The Labute approximate surface area is 196 Å². The van der Waals surface area contributed by atoms with Crippen molar-refractivity contribution in [3.05, 3.63) is 102 Å². The molecule has 0 aromatic heterocycles. The fraction of sp³-hybridized carbons (Fsp3) is 0.296. The molecule has 0 saturated heterocycles. The number of rotatable bonds is 13. The summed E-state index contributed by atoms with van der Waals surface area (Å²) in [5.41, 5.74) is 3.02. The van der Waals surface area contributed by atoms with Crippen LogP contribution in [-0.4, -0.2) is 28.0 Å². The number of nitrogens with one attached hydrogen (secondary N) is 1. The van der Waals surface area contributed by atoms with Crippen molar-refractivity contribution in [1.29, 1.82) is 0 Å². The van der Waals surface area contributed by atoms with Gasteiger partial charge in [0.25, 0.3) is 10.1 Å². The molecule has 0 heterocycles. The highest BCUT2D eigenvalue weighted by Crippen LogP contribution is 2.41. The monoisotopic (exact) mass is 465 g/mol. The third-order valence-corrected chi connectivity index (χ3v) is 7.28. The average molecular weight is 466 g/mol. The summed E-state index contributed by atoms with van der Waals surface area (Å²) in [6.07, 6.45) is 3.61. The summed E-state index contributed by atoms with van der Waals surface area (Å²) < 4.78 is 30.6. The molecule has 0 bridgehead atoms. The molecule has 3 rings (SSSR count). The molecule has 0 aliphatic heterocycles. The zero-order valence-corrected chi connectivity index (χ0v) is 19.8. The summed E-state index contributed by atoms with van der Waals surface area (Å²) in [6, 6.07) is 27.2.